The number of carbonyl (C=O) groups is 1. The molecule has 6 heteroatoms. The van der Waals surface area contributed by atoms with E-state index < -0.39 is 0 Å². The monoisotopic (exact) mass is 348 g/mol. The van der Waals surface area contributed by atoms with Crippen LogP contribution in [0.5, 0.6) is 11.6 Å². The summed E-state index contributed by atoms with van der Waals surface area (Å²) in [7, 11) is 0. The molecular weight excluding hydrogens is 328 g/mol. The maximum absolute atomic E-state index is 12.1. The number of rotatable bonds is 4. The number of ether oxygens (including phenoxy) is 1. The summed E-state index contributed by atoms with van der Waals surface area (Å²) in [6, 6.07) is 16.1. The van der Waals surface area contributed by atoms with Crippen LogP contribution in [0.3, 0.4) is 0 Å². The molecule has 0 radical (unpaired) electrons. The van der Waals surface area contributed by atoms with Crippen molar-refractivity contribution in [2.24, 2.45) is 0 Å². The van der Waals surface area contributed by atoms with E-state index in [4.69, 9.17) is 4.74 Å². The molecule has 0 bridgehead atoms. The molecule has 0 atom stereocenters. The van der Waals surface area contributed by atoms with E-state index in [9.17, 15) is 4.79 Å². The zero-order valence-electron chi connectivity index (χ0n) is 14.9. The molecule has 1 heterocycles. The highest BCUT2D eigenvalue weighted by molar-refractivity contribution is 5.99. The molecule has 0 aliphatic carbocycles. The van der Waals surface area contributed by atoms with Crippen molar-refractivity contribution < 1.29 is 9.53 Å². The normalized spacial score (nSPS) is 10.3. The highest BCUT2D eigenvalue weighted by atomic mass is 16.5. The third-order valence-corrected chi connectivity index (χ3v) is 3.87. The number of urea groups is 1. The van der Waals surface area contributed by atoms with Gasteiger partial charge < -0.3 is 15.4 Å². The van der Waals surface area contributed by atoms with Crippen molar-refractivity contribution in [2.75, 3.05) is 10.6 Å². The lowest BCUT2D eigenvalue weighted by molar-refractivity contribution is 0.262. The maximum Gasteiger partial charge on any atom is 0.323 e. The molecule has 3 aromatic rings. The second-order valence-electron chi connectivity index (χ2n) is 6.02. The summed E-state index contributed by atoms with van der Waals surface area (Å²) in [4.78, 5) is 12.1. The minimum absolute atomic E-state index is 0.300. The third-order valence-electron chi connectivity index (χ3n) is 3.87. The molecule has 0 saturated carbocycles. The minimum Gasteiger partial charge on any atom is -0.438 e. The highest BCUT2D eigenvalue weighted by Gasteiger charge is 2.05. The Kier molecular flexibility index (Phi) is 5.12. The van der Waals surface area contributed by atoms with Gasteiger partial charge in [0.1, 0.15) is 5.75 Å². The molecule has 1 aromatic heterocycles. The van der Waals surface area contributed by atoms with Crippen molar-refractivity contribution in [2.45, 2.75) is 20.8 Å². The predicted molar refractivity (Wildman–Crippen MR) is 102 cm³/mol. The fraction of sp³-hybridized carbons (Fsp3) is 0.150. The summed E-state index contributed by atoms with van der Waals surface area (Å²) in [5.41, 5.74) is 4.55. The third kappa shape index (κ3) is 4.57. The van der Waals surface area contributed by atoms with Gasteiger partial charge in [0.25, 0.3) is 0 Å². The number of carbonyl (C=O) groups excluding carboxylic acids is 1. The quantitative estimate of drug-likeness (QED) is 0.707. The average molecular weight is 348 g/mol. The molecule has 2 aromatic carbocycles. The first kappa shape index (κ1) is 17.4. The van der Waals surface area contributed by atoms with Gasteiger partial charge in [-0.1, -0.05) is 6.07 Å². The number of hydrogen-bond donors (Lipinski definition) is 2. The molecule has 0 saturated heterocycles. The zero-order chi connectivity index (χ0) is 18.5. The Morgan fingerprint density at radius 3 is 2.15 bits per heavy atom. The number of anilines is 2. The Balaban J connectivity index is 1.58. The fourth-order valence-electron chi connectivity index (χ4n) is 2.28. The SMILES string of the molecule is Cc1ccc(Oc2ccc(NC(=O)Nc3ccc(C)c(C)c3)cc2)nn1. The highest BCUT2D eigenvalue weighted by Crippen LogP contribution is 2.21. The van der Waals surface area contributed by atoms with Crippen LogP contribution in [0.1, 0.15) is 16.8 Å². The first-order chi connectivity index (χ1) is 12.5. The van der Waals surface area contributed by atoms with Gasteiger partial charge in [-0.05, 0) is 74.4 Å². The number of hydrogen-bond acceptors (Lipinski definition) is 4. The van der Waals surface area contributed by atoms with Gasteiger partial charge in [-0.3, -0.25) is 0 Å². The van der Waals surface area contributed by atoms with Gasteiger partial charge in [-0.2, -0.15) is 5.10 Å². The van der Waals surface area contributed by atoms with Gasteiger partial charge in [0.15, 0.2) is 0 Å². The predicted octanol–water partition coefficient (Wildman–Crippen LogP) is 4.84. The second-order valence-corrected chi connectivity index (χ2v) is 6.02. The van der Waals surface area contributed by atoms with Crippen molar-refractivity contribution in [3.05, 3.63) is 71.4 Å². The average Bonchev–Trinajstić information content (AvgIpc) is 2.62. The van der Waals surface area contributed by atoms with Crippen LogP contribution < -0.4 is 15.4 Å². The smallest absolute Gasteiger partial charge is 0.323 e. The van der Waals surface area contributed by atoms with Crippen LogP contribution in [-0.4, -0.2) is 16.2 Å². The Labute approximate surface area is 152 Å². The minimum atomic E-state index is -0.300. The number of aryl methyl sites for hydroxylation is 3. The van der Waals surface area contributed by atoms with E-state index in [1.807, 2.05) is 45.0 Å². The lowest BCUT2D eigenvalue weighted by atomic mass is 10.1. The van der Waals surface area contributed by atoms with Crippen molar-refractivity contribution in [1.82, 2.24) is 10.2 Å². The number of nitrogens with one attached hydrogen (secondary N) is 2. The standard InChI is InChI=1S/C20H20N4O2/c1-13-4-6-17(12-14(13)2)22-20(25)21-16-7-9-18(10-8-16)26-19-11-5-15(3)23-24-19/h4-12H,1-3H3,(H2,21,22,25). The largest absolute Gasteiger partial charge is 0.438 e. The Morgan fingerprint density at radius 1 is 0.808 bits per heavy atom. The van der Waals surface area contributed by atoms with Crippen LogP contribution in [0, 0.1) is 20.8 Å². The van der Waals surface area contributed by atoms with E-state index in [0.29, 0.717) is 17.3 Å². The zero-order valence-corrected chi connectivity index (χ0v) is 14.9. The van der Waals surface area contributed by atoms with Crippen LogP contribution in [0.25, 0.3) is 0 Å². The van der Waals surface area contributed by atoms with Gasteiger partial charge in [-0.15, -0.1) is 5.10 Å². The van der Waals surface area contributed by atoms with Gasteiger partial charge in [0.2, 0.25) is 5.88 Å². The van der Waals surface area contributed by atoms with Crippen LogP contribution >= 0.6 is 0 Å². The molecule has 26 heavy (non-hydrogen) atoms. The molecule has 0 fully saturated rings. The number of nitrogens with zero attached hydrogens (tertiary/aromatic N) is 2. The van der Waals surface area contributed by atoms with Crippen LogP contribution in [0.2, 0.25) is 0 Å². The Hall–Kier alpha value is -3.41. The van der Waals surface area contributed by atoms with E-state index in [2.05, 4.69) is 20.8 Å². The fourth-order valence-corrected chi connectivity index (χ4v) is 2.28. The van der Waals surface area contributed by atoms with Gasteiger partial charge in [0, 0.05) is 17.4 Å². The maximum atomic E-state index is 12.1. The molecule has 2 amide bonds. The molecule has 0 aliphatic heterocycles. The molecule has 3 rings (SSSR count). The van der Waals surface area contributed by atoms with E-state index >= 15 is 0 Å². The van der Waals surface area contributed by atoms with Gasteiger partial charge in [-0.25, -0.2) is 4.79 Å². The molecule has 0 unspecified atom stereocenters. The summed E-state index contributed by atoms with van der Waals surface area (Å²) in [6.45, 7) is 5.90. The van der Waals surface area contributed by atoms with Crippen LogP contribution in [0.4, 0.5) is 16.2 Å². The lowest BCUT2D eigenvalue weighted by Gasteiger charge is -2.10. The summed E-state index contributed by atoms with van der Waals surface area (Å²) in [5, 5.41) is 13.5. The molecular formula is C20H20N4O2. The molecule has 6 nitrogen and oxygen atoms in total. The molecule has 0 spiro atoms. The van der Waals surface area contributed by atoms with Crippen molar-refractivity contribution in [1.29, 1.82) is 0 Å². The van der Waals surface area contributed by atoms with E-state index in [1.54, 1.807) is 30.3 Å². The topological polar surface area (TPSA) is 76.1 Å². The summed E-state index contributed by atoms with van der Waals surface area (Å²) in [6.07, 6.45) is 0. The summed E-state index contributed by atoms with van der Waals surface area (Å²) < 4.78 is 5.61. The summed E-state index contributed by atoms with van der Waals surface area (Å²) >= 11 is 0. The van der Waals surface area contributed by atoms with Crippen molar-refractivity contribution in [3.63, 3.8) is 0 Å². The molecule has 0 aliphatic rings. The number of aromatic nitrogens is 2. The van der Waals surface area contributed by atoms with Gasteiger partial charge >= 0.3 is 6.03 Å². The Bertz CT molecular complexity index is 906. The molecule has 132 valence electrons. The lowest BCUT2D eigenvalue weighted by Crippen LogP contribution is -2.19. The van der Waals surface area contributed by atoms with Crippen molar-refractivity contribution in [3.8, 4) is 11.6 Å². The van der Waals surface area contributed by atoms with Gasteiger partial charge in [0.05, 0.1) is 5.69 Å². The van der Waals surface area contributed by atoms with E-state index in [-0.39, 0.29) is 6.03 Å². The number of benzene rings is 2. The molecule has 2 N–H and O–H groups in total. The van der Waals surface area contributed by atoms with Crippen LogP contribution in [0.15, 0.2) is 54.6 Å². The summed E-state index contributed by atoms with van der Waals surface area (Å²) in [5.74, 6) is 1.03. The first-order valence-electron chi connectivity index (χ1n) is 8.23. The Morgan fingerprint density at radius 2 is 1.50 bits per heavy atom. The number of amides is 2. The first-order valence-corrected chi connectivity index (χ1v) is 8.23. The van der Waals surface area contributed by atoms with Crippen LogP contribution in [-0.2, 0) is 0 Å². The van der Waals surface area contributed by atoms with E-state index in [0.717, 1.165) is 16.9 Å². The second kappa shape index (κ2) is 7.65. The van der Waals surface area contributed by atoms with Crippen molar-refractivity contribution >= 4 is 17.4 Å². The van der Waals surface area contributed by atoms with E-state index in [1.165, 1.54) is 5.56 Å².